The summed E-state index contributed by atoms with van der Waals surface area (Å²) in [6.07, 6.45) is 0. The highest BCUT2D eigenvalue weighted by Gasteiger charge is 2.08. The molecular weight excluding hydrogens is 337 g/mol. The molecule has 6 nitrogen and oxygen atoms in total. The molecule has 23 heavy (non-hydrogen) atoms. The molecule has 0 aliphatic carbocycles. The van der Waals surface area contributed by atoms with Crippen LogP contribution >= 0.6 is 23.2 Å². The number of aromatic nitrogens is 3. The highest BCUT2D eigenvalue weighted by Crippen LogP contribution is 2.27. The van der Waals surface area contributed by atoms with Crippen LogP contribution in [0.1, 0.15) is 11.5 Å². The molecular formula is C15H13Cl2N5O. The predicted octanol–water partition coefficient (Wildman–Crippen LogP) is 4.88. The molecule has 2 aromatic heterocycles. The van der Waals surface area contributed by atoms with Gasteiger partial charge in [-0.1, -0.05) is 28.4 Å². The lowest BCUT2D eigenvalue weighted by Crippen LogP contribution is -2.02. The Bertz CT molecular complexity index is 850. The van der Waals surface area contributed by atoms with Gasteiger partial charge >= 0.3 is 0 Å². The molecule has 0 fully saturated rings. The van der Waals surface area contributed by atoms with E-state index in [0.29, 0.717) is 39.1 Å². The predicted molar refractivity (Wildman–Crippen MR) is 91.0 cm³/mol. The van der Waals surface area contributed by atoms with Crippen LogP contribution in [-0.4, -0.2) is 15.1 Å². The summed E-state index contributed by atoms with van der Waals surface area (Å²) in [6.45, 7) is 3.69. The summed E-state index contributed by atoms with van der Waals surface area (Å²) in [5, 5.41) is 11.1. The summed E-state index contributed by atoms with van der Waals surface area (Å²) in [4.78, 5) is 8.73. The summed E-state index contributed by atoms with van der Waals surface area (Å²) in [6, 6.07) is 8.74. The van der Waals surface area contributed by atoms with Crippen LogP contribution in [0.2, 0.25) is 10.0 Å². The quantitative estimate of drug-likeness (QED) is 0.699. The molecule has 8 heteroatoms. The fourth-order valence-corrected chi connectivity index (χ4v) is 2.41. The minimum absolute atomic E-state index is 0.414. The van der Waals surface area contributed by atoms with Crippen molar-refractivity contribution in [3.05, 3.63) is 51.8 Å². The first-order valence-electron chi connectivity index (χ1n) is 6.78. The third-order valence-electron chi connectivity index (χ3n) is 2.92. The first-order chi connectivity index (χ1) is 11.0. The molecule has 0 radical (unpaired) electrons. The SMILES string of the molecule is Cc1cc(Nc2cc(C)on2)nc(Nc2ccc(Cl)cc2Cl)n1. The zero-order valence-corrected chi connectivity index (χ0v) is 13.9. The molecule has 0 amide bonds. The molecule has 0 saturated heterocycles. The van der Waals surface area contributed by atoms with Gasteiger partial charge in [-0.25, -0.2) is 4.98 Å². The fraction of sp³-hybridized carbons (Fsp3) is 0.133. The molecule has 0 atom stereocenters. The highest BCUT2D eigenvalue weighted by molar-refractivity contribution is 6.36. The van der Waals surface area contributed by atoms with E-state index in [-0.39, 0.29) is 0 Å². The van der Waals surface area contributed by atoms with Crippen LogP contribution in [0, 0.1) is 13.8 Å². The second kappa shape index (κ2) is 6.44. The maximum atomic E-state index is 6.15. The summed E-state index contributed by atoms with van der Waals surface area (Å²) >= 11 is 12.0. The van der Waals surface area contributed by atoms with Gasteiger partial charge in [0, 0.05) is 22.8 Å². The van der Waals surface area contributed by atoms with Crippen LogP contribution in [-0.2, 0) is 0 Å². The van der Waals surface area contributed by atoms with Crippen molar-refractivity contribution >= 4 is 46.5 Å². The van der Waals surface area contributed by atoms with Gasteiger partial charge in [-0.05, 0) is 32.0 Å². The molecule has 3 rings (SSSR count). The van der Waals surface area contributed by atoms with Gasteiger partial charge < -0.3 is 15.2 Å². The van der Waals surface area contributed by atoms with E-state index >= 15 is 0 Å². The Morgan fingerprint density at radius 1 is 0.957 bits per heavy atom. The normalized spacial score (nSPS) is 10.6. The Morgan fingerprint density at radius 2 is 1.78 bits per heavy atom. The fourth-order valence-electron chi connectivity index (χ4n) is 1.96. The molecule has 2 N–H and O–H groups in total. The third-order valence-corrected chi connectivity index (χ3v) is 3.46. The monoisotopic (exact) mass is 349 g/mol. The summed E-state index contributed by atoms with van der Waals surface area (Å²) in [5.41, 5.74) is 1.46. The lowest BCUT2D eigenvalue weighted by molar-refractivity contribution is 0.400. The molecule has 0 aliphatic heterocycles. The van der Waals surface area contributed by atoms with Crippen molar-refractivity contribution in [3.63, 3.8) is 0 Å². The summed E-state index contributed by atoms with van der Waals surface area (Å²) in [5.74, 6) is 2.30. The van der Waals surface area contributed by atoms with Gasteiger partial charge in [-0.3, -0.25) is 0 Å². The zero-order valence-electron chi connectivity index (χ0n) is 12.4. The van der Waals surface area contributed by atoms with Crippen LogP contribution in [0.15, 0.2) is 34.9 Å². The Kier molecular flexibility index (Phi) is 4.36. The smallest absolute Gasteiger partial charge is 0.229 e. The lowest BCUT2D eigenvalue weighted by atomic mass is 10.3. The van der Waals surface area contributed by atoms with E-state index in [0.717, 1.165) is 5.69 Å². The number of benzene rings is 1. The van der Waals surface area contributed by atoms with Gasteiger partial charge in [-0.15, -0.1) is 0 Å². The second-order valence-corrected chi connectivity index (χ2v) is 5.76. The lowest BCUT2D eigenvalue weighted by Gasteiger charge is -2.10. The van der Waals surface area contributed by atoms with Crippen LogP contribution in [0.4, 0.5) is 23.3 Å². The first-order valence-corrected chi connectivity index (χ1v) is 7.53. The minimum atomic E-state index is 0.414. The standard InChI is InChI=1S/C15H13Cl2N5O/c1-8-5-13(20-14-6-9(2)23-22-14)21-15(18-8)19-12-4-3-10(16)7-11(12)17/h3-7H,1-2H3,(H2,18,19,20,21,22). The van der Waals surface area contributed by atoms with Crippen molar-refractivity contribution in [1.82, 2.24) is 15.1 Å². The summed E-state index contributed by atoms with van der Waals surface area (Å²) in [7, 11) is 0. The molecule has 1 aromatic carbocycles. The Labute approximate surface area is 142 Å². The molecule has 0 aliphatic rings. The van der Waals surface area contributed by atoms with E-state index in [1.807, 2.05) is 13.8 Å². The highest BCUT2D eigenvalue weighted by atomic mass is 35.5. The Morgan fingerprint density at radius 3 is 2.48 bits per heavy atom. The maximum Gasteiger partial charge on any atom is 0.229 e. The number of anilines is 4. The average Bonchev–Trinajstić information content (AvgIpc) is 2.86. The summed E-state index contributed by atoms with van der Waals surface area (Å²) < 4.78 is 5.02. The molecule has 3 aromatic rings. The number of nitrogens with one attached hydrogen (secondary N) is 2. The van der Waals surface area contributed by atoms with Gasteiger partial charge in [0.25, 0.3) is 0 Å². The van der Waals surface area contributed by atoms with Gasteiger partial charge in [0.1, 0.15) is 11.6 Å². The third kappa shape index (κ3) is 3.91. The number of hydrogen-bond donors (Lipinski definition) is 2. The Hall–Kier alpha value is -2.31. The van der Waals surface area contributed by atoms with Crippen molar-refractivity contribution in [2.75, 3.05) is 10.6 Å². The maximum absolute atomic E-state index is 6.15. The second-order valence-electron chi connectivity index (χ2n) is 4.92. The van der Waals surface area contributed by atoms with Gasteiger partial charge in [0.2, 0.25) is 5.95 Å². The number of halogens is 2. The van der Waals surface area contributed by atoms with Crippen LogP contribution in [0.25, 0.3) is 0 Å². The van der Waals surface area contributed by atoms with Crippen molar-refractivity contribution in [3.8, 4) is 0 Å². The number of rotatable bonds is 4. The van der Waals surface area contributed by atoms with Crippen LogP contribution in [0.3, 0.4) is 0 Å². The van der Waals surface area contributed by atoms with Gasteiger partial charge in [-0.2, -0.15) is 4.98 Å². The largest absolute Gasteiger partial charge is 0.360 e. The van der Waals surface area contributed by atoms with Crippen molar-refractivity contribution in [1.29, 1.82) is 0 Å². The van der Waals surface area contributed by atoms with Crippen molar-refractivity contribution in [2.45, 2.75) is 13.8 Å². The number of aryl methyl sites for hydroxylation is 2. The molecule has 0 bridgehead atoms. The molecule has 0 saturated carbocycles. The first kappa shape index (κ1) is 15.6. The topological polar surface area (TPSA) is 75.9 Å². The zero-order chi connectivity index (χ0) is 16.4. The van der Waals surface area contributed by atoms with Crippen molar-refractivity contribution in [2.24, 2.45) is 0 Å². The molecule has 2 heterocycles. The van der Waals surface area contributed by atoms with Gasteiger partial charge in [0.05, 0.1) is 10.7 Å². The molecule has 0 spiro atoms. The molecule has 0 unspecified atom stereocenters. The Balaban J connectivity index is 1.85. The minimum Gasteiger partial charge on any atom is -0.360 e. The molecule has 118 valence electrons. The van der Waals surface area contributed by atoms with Crippen molar-refractivity contribution < 1.29 is 4.52 Å². The van der Waals surface area contributed by atoms with E-state index in [1.54, 1.807) is 30.3 Å². The van der Waals surface area contributed by atoms with E-state index in [9.17, 15) is 0 Å². The van der Waals surface area contributed by atoms with E-state index in [1.165, 1.54) is 0 Å². The van der Waals surface area contributed by atoms with E-state index in [2.05, 4.69) is 25.8 Å². The van der Waals surface area contributed by atoms with E-state index < -0.39 is 0 Å². The average molecular weight is 350 g/mol. The van der Waals surface area contributed by atoms with Crippen LogP contribution in [0.5, 0.6) is 0 Å². The van der Waals surface area contributed by atoms with E-state index in [4.69, 9.17) is 27.7 Å². The van der Waals surface area contributed by atoms with Crippen LogP contribution < -0.4 is 10.6 Å². The number of nitrogens with zero attached hydrogens (tertiary/aromatic N) is 3. The number of hydrogen-bond acceptors (Lipinski definition) is 6. The van der Waals surface area contributed by atoms with Gasteiger partial charge in [0.15, 0.2) is 5.82 Å².